The van der Waals surface area contributed by atoms with Crippen molar-refractivity contribution in [1.29, 1.82) is 0 Å². The number of imidazole rings is 1. The first-order valence-corrected chi connectivity index (χ1v) is 6.33. The summed E-state index contributed by atoms with van der Waals surface area (Å²) in [6.07, 6.45) is 8.30. The second kappa shape index (κ2) is 10.1. The van der Waals surface area contributed by atoms with E-state index in [0.29, 0.717) is 19.0 Å². The van der Waals surface area contributed by atoms with E-state index in [1.54, 1.807) is 12.4 Å². The number of carbonyl (C=O) groups excluding carboxylic acids is 1. The number of aromatic nitrogens is 2. The Kier molecular flexibility index (Phi) is 9.65. The zero-order valence-corrected chi connectivity index (χ0v) is 12.5. The van der Waals surface area contributed by atoms with Crippen LogP contribution in [0.25, 0.3) is 0 Å². The van der Waals surface area contributed by atoms with Gasteiger partial charge in [0.1, 0.15) is 5.82 Å². The molecule has 2 rings (SSSR count). The van der Waals surface area contributed by atoms with Crippen LogP contribution in [0.2, 0.25) is 0 Å². The number of nitrogens with zero attached hydrogens (tertiary/aromatic N) is 1. The lowest BCUT2D eigenvalue weighted by molar-refractivity contribution is -0.121. The SMILES string of the molecule is Cl.Cl.O=C(CCC1CCCN1)NCCc1ncc[nH]1. The summed E-state index contributed by atoms with van der Waals surface area (Å²) in [6, 6.07) is 0.547. The Labute approximate surface area is 126 Å². The molecule has 0 radical (unpaired) electrons. The molecule has 7 heteroatoms. The van der Waals surface area contributed by atoms with Gasteiger partial charge in [-0.15, -0.1) is 24.8 Å². The van der Waals surface area contributed by atoms with Crippen LogP contribution in [0.15, 0.2) is 12.4 Å². The van der Waals surface area contributed by atoms with Gasteiger partial charge in [0, 0.05) is 37.8 Å². The van der Waals surface area contributed by atoms with Crippen LogP contribution in [-0.2, 0) is 11.2 Å². The van der Waals surface area contributed by atoms with Gasteiger partial charge in [0.15, 0.2) is 0 Å². The van der Waals surface area contributed by atoms with Crippen LogP contribution in [0.5, 0.6) is 0 Å². The smallest absolute Gasteiger partial charge is 0.220 e. The van der Waals surface area contributed by atoms with E-state index in [1.807, 2.05) is 0 Å². The highest BCUT2D eigenvalue weighted by molar-refractivity contribution is 5.85. The summed E-state index contributed by atoms with van der Waals surface area (Å²) in [6.45, 7) is 1.76. The third-order valence-electron chi connectivity index (χ3n) is 3.12. The second-order valence-corrected chi connectivity index (χ2v) is 4.47. The quantitative estimate of drug-likeness (QED) is 0.745. The van der Waals surface area contributed by atoms with Crippen LogP contribution < -0.4 is 10.6 Å². The van der Waals surface area contributed by atoms with Crippen molar-refractivity contribution in [2.45, 2.75) is 38.1 Å². The molecule has 0 aromatic carbocycles. The van der Waals surface area contributed by atoms with Gasteiger partial charge in [0.2, 0.25) is 5.91 Å². The van der Waals surface area contributed by atoms with Gasteiger partial charge in [-0.2, -0.15) is 0 Å². The van der Waals surface area contributed by atoms with Crippen LogP contribution in [-0.4, -0.2) is 35.0 Å². The Balaban J connectivity index is 0.00000162. The van der Waals surface area contributed by atoms with E-state index in [2.05, 4.69) is 20.6 Å². The van der Waals surface area contributed by atoms with Gasteiger partial charge in [-0.05, 0) is 25.8 Å². The predicted molar refractivity (Wildman–Crippen MR) is 80.1 cm³/mol. The van der Waals surface area contributed by atoms with Gasteiger partial charge in [0.05, 0.1) is 0 Å². The van der Waals surface area contributed by atoms with Gasteiger partial charge in [-0.25, -0.2) is 4.98 Å². The highest BCUT2D eigenvalue weighted by atomic mass is 35.5. The molecule has 1 fully saturated rings. The Morgan fingerprint density at radius 1 is 1.47 bits per heavy atom. The van der Waals surface area contributed by atoms with Gasteiger partial charge in [-0.3, -0.25) is 4.79 Å². The topological polar surface area (TPSA) is 69.8 Å². The zero-order chi connectivity index (χ0) is 11.9. The molecule has 1 aliphatic heterocycles. The number of hydrogen-bond donors (Lipinski definition) is 3. The number of H-pyrrole nitrogens is 1. The molecule has 2 heterocycles. The van der Waals surface area contributed by atoms with Crippen molar-refractivity contribution in [2.24, 2.45) is 0 Å². The first-order valence-electron chi connectivity index (χ1n) is 6.33. The monoisotopic (exact) mass is 308 g/mol. The molecule has 1 saturated heterocycles. The standard InChI is InChI=1S/C12H20N4O.2ClH/c17-12(4-3-10-2-1-6-13-10)16-7-5-11-14-8-9-15-11;;/h8-10,13H,1-7H2,(H,14,15)(H,16,17);2*1H. The Bertz CT molecular complexity index is 340. The van der Waals surface area contributed by atoms with E-state index in [1.165, 1.54) is 12.8 Å². The molecular formula is C12H22Cl2N4O. The summed E-state index contributed by atoms with van der Waals surface area (Å²) < 4.78 is 0. The zero-order valence-electron chi connectivity index (χ0n) is 10.9. The molecule has 1 aliphatic rings. The first-order chi connectivity index (χ1) is 8.34. The Morgan fingerprint density at radius 3 is 2.95 bits per heavy atom. The van der Waals surface area contributed by atoms with E-state index in [4.69, 9.17) is 0 Å². The number of nitrogens with one attached hydrogen (secondary N) is 3. The summed E-state index contributed by atoms with van der Waals surface area (Å²) in [5, 5.41) is 6.31. The molecule has 0 aliphatic carbocycles. The highest BCUT2D eigenvalue weighted by Crippen LogP contribution is 2.10. The van der Waals surface area contributed by atoms with Crippen molar-refractivity contribution in [3.05, 3.63) is 18.2 Å². The number of halogens is 2. The molecule has 0 spiro atoms. The Morgan fingerprint density at radius 2 is 2.32 bits per heavy atom. The third-order valence-corrected chi connectivity index (χ3v) is 3.12. The molecule has 1 atom stereocenters. The van der Waals surface area contributed by atoms with Crippen molar-refractivity contribution >= 4 is 30.7 Å². The predicted octanol–water partition coefficient (Wildman–Crippen LogP) is 1.44. The maximum absolute atomic E-state index is 11.6. The van der Waals surface area contributed by atoms with Crippen molar-refractivity contribution in [2.75, 3.05) is 13.1 Å². The largest absolute Gasteiger partial charge is 0.356 e. The van der Waals surface area contributed by atoms with Crippen LogP contribution in [0, 0.1) is 0 Å². The number of rotatable bonds is 6. The molecule has 0 saturated carbocycles. The van der Waals surface area contributed by atoms with Gasteiger partial charge >= 0.3 is 0 Å². The van der Waals surface area contributed by atoms with E-state index in [-0.39, 0.29) is 30.7 Å². The van der Waals surface area contributed by atoms with Gasteiger partial charge < -0.3 is 15.6 Å². The van der Waals surface area contributed by atoms with Gasteiger partial charge in [-0.1, -0.05) is 0 Å². The van der Waals surface area contributed by atoms with Crippen LogP contribution >= 0.6 is 24.8 Å². The molecule has 1 amide bonds. The average Bonchev–Trinajstić information content (AvgIpc) is 2.99. The molecule has 110 valence electrons. The van der Waals surface area contributed by atoms with Crippen molar-refractivity contribution in [1.82, 2.24) is 20.6 Å². The maximum Gasteiger partial charge on any atom is 0.220 e. The fraction of sp³-hybridized carbons (Fsp3) is 0.667. The maximum atomic E-state index is 11.6. The molecular weight excluding hydrogens is 287 g/mol. The van der Waals surface area contributed by atoms with Gasteiger partial charge in [0.25, 0.3) is 0 Å². The van der Waals surface area contributed by atoms with Crippen molar-refractivity contribution < 1.29 is 4.79 Å². The number of aromatic amines is 1. The summed E-state index contributed by atoms with van der Waals surface area (Å²) in [4.78, 5) is 18.7. The Hall–Kier alpha value is -0.780. The third kappa shape index (κ3) is 6.80. The molecule has 1 aromatic heterocycles. The lowest BCUT2D eigenvalue weighted by Gasteiger charge is -2.09. The van der Waals surface area contributed by atoms with E-state index >= 15 is 0 Å². The molecule has 0 bridgehead atoms. The molecule has 19 heavy (non-hydrogen) atoms. The fourth-order valence-corrected chi connectivity index (χ4v) is 2.15. The molecule has 5 nitrogen and oxygen atoms in total. The highest BCUT2D eigenvalue weighted by Gasteiger charge is 2.14. The van der Waals surface area contributed by atoms with Crippen LogP contribution in [0.4, 0.5) is 0 Å². The number of carbonyl (C=O) groups is 1. The van der Waals surface area contributed by atoms with E-state index in [0.717, 1.165) is 25.2 Å². The second-order valence-electron chi connectivity index (χ2n) is 4.47. The fourth-order valence-electron chi connectivity index (χ4n) is 2.15. The lowest BCUT2D eigenvalue weighted by atomic mass is 10.1. The molecule has 1 unspecified atom stereocenters. The summed E-state index contributed by atoms with van der Waals surface area (Å²) in [5.74, 6) is 1.06. The minimum atomic E-state index is 0. The van der Waals surface area contributed by atoms with Crippen molar-refractivity contribution in [3.63, 3.8) is 0 Å². The normalized spacial score (nSPS) is 17.4. The number of hydrogen-bond acceptors (Lipinski definition) is 3. The average molecular weight is 309 g/mol. The molecule has 1 aromatic rings. The molecule has 3 N–H and O–H groups in total. The lowest BCUT2D eigenvalue weighted by Crippen LogP contribution is -2.28. The van der Waals surface area contributed by atoms with Crippen LogP contribution in [0.3, 0.4) is 0 Å². The minimum absolute atomic E-state index is 0. The summed E-state index contributed by atoms with van der Waals surface area (Å²) in [5.41, 5.74) is 0. The minimum Gasteiger partial charge on any atom is -0.356 e. The first kappa shape index (κ1) is 18.2. The summed E-state index contributed by atoms with van der Waals surface area (Å²) in [7, 11) is 0. The van der Waals surface area contributed by atoms with Crippen molar-refractivity contribution in [3.8, 4) is 0 Å². The summed E-state index contributed by atoms with van der Waals surface area (Å²) >= 11 is 0. The van der Waals surface area contributed by atoms with E-state index < -0.39 is 0 Å². The van der Waals surface area contributed by atoms with Crippen LogP contribution in [0.1, 0.15) is 31.5 Å². The van der Waals surface area contributed by atoms with E-state index in [9.17, 15) is 4.79 Å². The number of amides is 1.